The summed E-state index contributed by atoms with van der Waals surface area (Å²) in [5.74, 6) is 0. The minimum Gasteiger partial charge on any atom is -0.383 e. The van der Waals surface area contributed by atoms with Crippen LogP contribution in [0.15, 0.2) is 11.6 Å². The molecular formula is C4H5NOS. The Morgan fingerprint density at radius 1 is 1.86 bits per heavy atom. The van der Waals surface area contributed by atoms with Gasteiger partial charge in [0.25, 0.3) is 0 Å². The van der Waals surface area contributed by atoms with Crippen molar-refractivity contribution in [2.45, 2.75) is 0 Å². The van der Waals surface area contributed by atoms with Crippen molar-refractivity contribution in [1.29, 1.82) is 0 Å². The predicted molar refractivity (Wildman–Crippen MR) is 29.7 cm³/mol. The van der Waals surface area contributed by atoms with E-state index in [-0.39, 0.29) is 5.12 Å². The van der Waals surface area contributed by atoms with Crippen molar-refractivity contribution in [3.05, 3.63) is 11.6 Å². The van der Waals surface area contributed by atoms with Gasteiger partial charge in [0.15, 0.2) is 0 Å². The van der Waals surface area contributed by atoms with Gasteiger partial charge in [-0.2, -0.15) is 0 Å². The SMILES string of the molecule is O=C1CNC=CS1. The minimum absolute atomic E-state index is 0.183. The van der Waals surface area contributed by atoms with E-state index < -0.39 is 0 Å². The number of hydrogen-bond donors (Lipinski definition) is 1. The monoisotopic (exact) mass is 115 g/mol. The Balaban J connectivity index is 2.47. The van der Waals surface area contributed by atoms with Crippen molar-refractivity contribution in [2.24, 2.45) is 0 Å². The van der Waals surface area contributed by atoms with Gasteiger partial charge in [0.2, 0.25) is 5.12 Å². The second-order valence-electron chi connectivity index (χ2n) is 1.17. The number of nitrogens with one attached hydrogen (secondary N) is 1. The Labute approximate surface area is 46.0 Å². The lowest BCUT2D eigenvalue weighted by Crippen LogP contribution is -2.17. The van der Waals surface area contributed by atoms with Crippen molar-refractivity contribution >= 4 is 16.9 Å². The van der Waals surface area contributed by atoms with Crippen LogP contribution in [0.2, 0.25) is 0 Å². The molecule has 0 aromatic rings. The molecule has 0 atom stereocenters. The summed E-state index contributed by atoms with van der Waals surface area (Å²) < 4.78 is 0. The van der Waals surface area contributed by atoms with Gasteiger partial charge in [-0.25, -0.2) is 0 Å². The van der Waals surface area contributed by atoms with Gasteiger partial charge in [0, 0.05) is 6.20 Å². The van der Waals surface area contributed by atoms with E-state index in [1.807, 2.05) is 0 Å². The van der Waals surface area contributed by atoms with E-state index in [1.165, 1.54) is 11.8 Å². The largest absolute Gasteiger partial charge is 0.383 e. The standard InChI is InChI=1S/C4H5NOS/c6-4-3-5-1-2-7-4/h1-2,5H,3H2. The van der Waals surface area contributed by atoms with Crippen LogP contribution in [0.5, 0.6) is 0 Å². The van der Waals surface area contributed by atoms with Crippen LogP contribution < -0.4 is 5.32 Å². The number of thioether (sulfide) groups is 1. The Bertz CT molecular complexity index is 110. The van der Waals surface area contributed by atoms with Crippen molar-refractivity contribution in [3.8, 4) is 0 Å². The highest BCUT2D eigenvalue weighted by atomic mass is 32.2. The molecule has 3 heteroatoms. The zero-order valence-electron chi connectivity index (χ0n) is 3.68. The minimum atomic E-state index is 0.183. The van der Waals surface area contributed by atoms with Gasteiger partial charge in [-0.15, -0.1) is 0 Å². The van der Waals surface area contributed by atoms with Crippen LogP contribution in [0.25, 0.3) is 0 Å². The molecule has 1 N–H and O–H groups in total. The van der Waals surface area contributed by atoms with Crippen LogP contribution in [0.1, 0.15) is 0 Å². The summed E-state index contributed by atoms with van der Waals surface area (Å²) in [6.45, 7) is 0.473. The van der Waals surface area contributed by atoms with Crippen LogP contribution in [0, 0.1) is 0 Å². The Kier molecular flexibility index (Phi) is 1.36. The fourth-order valence-corrected chi connectivity index (χ4v) is 0.825. The van der Waals surface area contributed by atoms with Crippen LogP contribution in [0.4, 0.5) is 0 Å². The highest BCUT2D eigenvalue weighted by Crippen LogP contribution is 2.04. The van der Waals surface area contributed by atoms with E-state index in [1.54, 1.807) is 11.6 Å². The highest BCUT2D eigenvalue weighted by Gasteiger charge is 1.99. The molecule has 0 amide bonds. The summed E-state index contributed by atoms with van der Waals surface area (Å²) >= 11 is 1.24. The number of carbonyl (C=O) groups excluding carboxylic acids is 1. The number of carbonyl (C=O) groups is 1. The first-order valence-electron chi connectivity index (χ1n) is 1.97. The molecular weight excluding hydrogens is 110 g/mol. The molecule has 38 valence electrons. The molecule has 0 spiro atoms. The van der Waals surface area contributed by atoms with Gasteiger partial charge in [-0.3, -0.25) is 4.79 Å². The topological polar surface area (TPSA) is 29.1 Å². The van der Waals surface area contributed by atoms with Gasteiger partial charge in [-0.1, -0.05) is 11.8 Å². The Morgan fingerprint density at radius 3 is 3.00 bits per heavy atom. The third-order valence-electron chi connectivity index (χ3n) is 0.632. The third-order valence-corrected chi connectivity index (χ3v) is 1.31. The first kappa shape index (κ1) is 4.71. The average Bonchev–Trinajstić information content (AvgIpc) is 1.69. The molecule has 1 rings (SSSR count). The molecule has 1 aliphatic rings. The second kappa shape index (κ2) is 2.02. The maximum Gasteiger partial charge on any atom is 0.212 e. The molecule has 1 aliphatic heterocycles. The van der Waals surface area contributed by atoms with Gasteiger partial charge in [-0.05, 0) is 5.41 Å². The van der Waals surface area contributed by atoms with E-state index in [0.29, 0.717) is 6.54 Å². The smallest absolute Gasteiger partial charge is 0.212 e. The fraction of sp³-hybridized carbons (Fsp3) is 0.250. The highest BCUT2D eigenvalue weighted by molar-refractivity contribution is 8.16. The zero-order valence-corrected chi connectivity index (χ0v) is 4.49. The third kappa shape index (κ3) is 1.23. The maximum absolute atomic E-state index is 10.3. The van der Waals surface area contributed by atoms with E-state index in [4.69, 9.17) is 0 Å². The van der Waals surface area contributed by atoms with Crippen LogP contribution in [-0.4, -0.2) is 11.7 Å². The molecule has 0 aliphatic carbocycles. The van der Waals surface area contributed by atoms with Crippen LogP contribution >= 0.6 is 11.8 Å². The summed E-state index contributed by atoms with van der Waals surface area (Å²) in [5.41, 5.74) is 0. The number of rotatable bonds is 0. The molecule has 7 heavy (non-hydrogen) atoms. The van der Waals surface area contributed by atoms with E-state index in [9.17, 15) is 4.79 Å². The van der Waals surface area contributed by atoms with Gasteiger partial charge >= 0.3 is 0 Å². The molecule has 0 radical (unpaired) electrons. The lowest BCUT2D eigenvalue weighted by atomic mass is 10.7. The molecule has 0 fully saturated rings. The summed E-state index contributed by atoms with van der Waals surface area (Å²) in [5, 5.41) is 4.71. The van der Waals surface area contributed by atoms with E-state index in [2.05, 4.69) is 5.32 Å². The molecule has 0 saturated heterocycles. The Hall–Kier alpha value is -0.440. The summed E-state index contributed by atoms with van der Waals surface area (Å²) in [6, 6.07) is 0. The van der Waals surface area contributed by atoms with Crippen molar-refractivity contribution in [1.82, 2.24) is 5.32 Å². The van der Waals surface area contributed by atoms with E-state index >= 15 is 0 Å². The molecule has 0 aromatic heterocycles. The molecule has 1 heterocycles. The first-order valence-corrected chi connectivity index (χ1v) is 2.85. The van der Waals surface area contributed by atoms with E-state index in [0.717, 1.165) is 0 Å². The van der Waals surface area contributed by atoms with Gasteiger partial charge in [0.05, 0.1) is 6.54 Å². The molecule has 0 aromatic carbocycles. The van der Waals surface area contributed by atoms with Crippen molar-refractivity contribution in [2.75, 3.05) is 6.54 Å². The van der Waals surface area contributed by atoms with Gasteiger partial charge < -0.3 is 5.32 Å². The predicted octanol–water partition coefficient (Wildman–Crippen LogP) is 0.321. The van der Waals surface area contributed by atoms with Crippen LogP contribution in [0.3, 0.4) is 0 Å². The molecule has 2 nitrogen and oxygen atoms in total. The summed E-state index contributed by atoms with van der Waals surface area (Å²) in [7, 11) is 0. The lowest BCUT2D eigenvalue weighted by Gasteiger charge is -2.00. The quantitative estimate of drug-likeness (QED) is 0.493. The molecule has 0 saturated carbocycles. The maximum atomic E-state index is 10.3. The summed E-state index contributed by atoms with van der Waals surface area (Å²) in [6.07, 6.45) is 1.77. The summed E-state index contributed by atoms with van der Waals surface area (Å²) in [4.78, 5) is 10.3. The van der Waals surface area contributed by atoms with Gasteiger partial charge in [0.1, 0.15) is 0 Å². The zero-order chi connectivity index (χ0) is 5.11. The van der Waals surface area contributed by atoms with Crippen molar-refractivity contribution in [3.63, 3.8) is 0 Å². The van der Waals surface area contributed by atoms with Crippen LogP contribution in [-0.2, 0) is 4.79 Å². The number of hydrogen-bond acceptors (Lipinski definition) is 3. The lowest BCUT2D eigenvalue weighted by molar-refractivity contribution is -0.110. The second-order valence-corrected chi connectivity index (χ2v) is 2.14. The normalized spacial score (nSPS) is 19.1. The first-order chi connectivity index (χ1) is 3.39. The molecule has 0 unspecified atom stereocenters. The average molecular weight is 115 g/mol. The van der Waals surface area contributed by atoms with Crippen molar-refractivity contribution < 1.29 is 4.79 Å². The molecule has 0 bridgehead atoms. The Morgan fingerprint density at radius 2 is 2.71 bits per heavy atom. The fourth-order valence-electron chi connectivity index (χ4n) is 0.342.